The molecule has 0 saturated carbocycles. The van der Waals surface area contributed by atoms with Crippen molar-refractivity contribution in [2.24, 2.45) is 5.92 Å². The zero-order valence-electron chi connectivity index (χ0n) is 15.5. The Morgan fingerprint density at radius 3 is 2.73 bits per heavy atom. The van der Waals surface area contributed by atoms with Crippen molar-refractivity contribution in [2.75, 3.05) is 6.61 Å². The number of nitrogens with one attached hydrogen (secondary N) is 1. The Morgan fingerprint density at radius 2 is 2.08 bits per heavy atom. The maximum Gasteiger partial charge on any atom is 0.226 e. The minimum atomic E-state index is -0.206. The van der Waals surface area contributed by atoms with Gasteiger partial charge in [-0.15, -0.1) is 0 Å². The highest BCUT2D eigenvalue weighted by molar-refractivity contribution is 9.10. The van der Waals surface area contributed by atoms with Crippen molar-refractivity contribution in [3.05, 3.63) is 52.3 Å². The highest BCUT2D eigenvalue weighted by Gasteiger charge is 2.36. The fourth-order valence-corrected chi connectivity index (χ4v) is 3.61. The SMILES string of the molecule is CC(C)n1cc([C@H]2OCC[C@@H]2C(=O)N[C@H](C)Cc2ccc(Br)cc2)cn1. The smallest absolute Gasteiger partial charge is 0.226 e. The van der Waals surface area contributed by atoms with Crippen molar-refractivity contribution in [1.82, 2.24) is 15.1 Å². The molecule has 1 aliphatic heterocycles. The molecule has 5 nitrogen and oxygen atoms in total. The van der Waals surface area contributed by atoms with Crippen LogP contribution in [0.4, 0.5) is 0 Å². The molecule has 1 saturated heterocycles. The van der Waals surface area contributed by atoms with Gasteiger partial charge in [0.15, 0.2) is 0 Å². The number of carbonyl (C=O) groups is 1. The fourth-order valence-electron chi connectivity index (χ4n) is 3.34. The molecular formula is C20H26BrN3O2. The van der Waals surface area contributed by atoms with E-state index < -0.39 is 0 Å². The Balaban J connectivity index is 1.61. The summed E-state index contributed by atoms with van der Waals surface area (Å²) in [6.45, 7) is 6.82. The van der Waals surface area contributed by atoms with E-state index in [4.69, 9.17) is 4.74 Å². The predicted molar refractivity (Wildman–Crippen MR) is 105 cm³/mol. The van der Waals surface area contributed by atoms with Gasteiger partial charge in [0, 0.05) is 34.9 Å². The molecule has 3 rings (SSSR count). The molecular weight excluding hydrogens is 394 g/mol. The fraction of sp³-hybridized carbons (Fsp3) is 0.500. The van der Waals surface area contributed by atoms with E-state index in [-0.39, 0.29) is 24.0 Å². The molecule has 0 aliphatic carbocycles. The molecule has 1 fully saturated rings. The highest BCUT2D eigenvalue weighted by Crippen LogP contribution is 2.34. The number of hydrogen-bond donors (Lipinski definition) is 1. The molecule has 1 N–H and O–H groups in total. The Hall–Kier alpha value is -1.66. The average Bonchev–Trinajstić information content (AvgIpc) is 3.25. The number of rotatable bonds is 6. The summed E-state index contributed by atoms with van der Waals surface area (Å²) in [6, 6.07) is 8.57. The van der Waals surface area contributed by atoms with Crippen LogP contribution in [0.2, 0.25) is 0 Å². The molecule has 1 aliphatic rings. The van der Waals surface area contributed by atoms with E-state index in [1.165, 1.54) is 5.56 Å². The van der Waals surface area contributed by atoms with Crippen LogP contribution in [-0.2, 0) is 16.0 Å². The molecule has 1 aromatic carbocycles. The van der Waals surface area contributed by atoms with Gasteiger partial charge in [-0.1, -0.05) is 28.1 Å². The van der Waals surface area contributed by atoms with Gasteiger partial charge in [-0.05, 0) is 51.3 Å². The Morgan fingerprint density at radius 1 is 1.35 bits per heavy atom. The maximum absolute atomic E-state index is 12.8. The van der Waals surface area contributed by atoms with Crippen LogP contribution in [0.25, 0.3) is 0 Å². The third kappa shape index (κ3) is 4.54. The third-order valence-corrected chi connectivity index (χ3v) is 5.28. The van der Waals surface area contributed by atoms with E-state index >= 15 is 0 Å². The van der Waals surface area contributed by atoms with E-state index in [2.05, 4.69) is 52.3 Å². The molecule has 2 aromatic rings. The molecule has 1 aromatic heterocycles. The van der Waals surface area contributed by atoms with Gasteiger partial charge in [0.05, 0.1) is 18.2 Å². The topological polar surface area (TPSA) is 56.1 Å². The monoisotopic (exact) mass is 419 g/mol. The molecule has 2 heterocycles. The van der Waals surface area contributed by atoms with E-state index in [0.29, 0.717) is 12.6 Å². The number of halogens is 1. The van der Waals surface area contributed by atoms with Crippen molar-refractivity contribution in [1.29, 1.82) is 0 Å². The van der Waals surface area contributed by atoms with Crippen molar-refractivity contribution in [2.45, 2.75) is 51.8 Å². The van der Waals surface area contributed by atoms with Crippen LogP contribution in [0.15, 0.2) is 41.1 Å². The molecule has 0 radical (unpaired) electrons. The summed E-state index contributed by atoms with van der Waals surface area (Å²) >= 11 is 3.45. The van der Waals surface area contributed by atoms with Crippen molar-refractivity contribution < 1.29 is 9.53 Å². The van der Waals surface area contributed by atoms with E-state index in [9.17, 15) is 4.79 Å². The van der Waals surface area contributed by atoms with Crippen LogP contribution in [0.1, 0.15) is 50.5 Å². The minimum absolute atomic E-state index is 0.0643. The number of amides is 1. The van der Waals surface area contributed by atoms with Crippen LogP contribution in [0, 0.1) is 5.92 Å². The normalized spacial score (nSPS) is 21.1. The van der Waals surface area contributed by atoms with Gasteiger partial charge in [-0.3, -0.25) is 9.48 Å². The first-order valence-electron chi connectivity index (χ1n) is 9.14. The van der Waals surface area contributed by atoms with Gasteiger partial charge in [0.25, 0.3) is 0 Å². The molecule has 6 heteroatoms. The summed E-state index contributed by atoms with van der Waals surface area (Å²) in [6.07, 6.45) is 5.16. The maximum atomic E-state index is 12.8. The molecule has 1 amide bonds. The van der Waals surface area contributed by atoms with Gasteiger partial charge >= 0.3 is 0 Å². The van der Waals surface area contributed by atoms with E-state index in [1.807, 2.05) is 36.1 Å². The zero-order chi connectivity index (χ0) is 18.7. The number of hydrogen-bond acceptors (Lipinski definition) is 3. The van der Waals surface area contributed by atoms with Gasteiger partial charge in [-0.2, -0.15) is 5.10 Å². The summed E-state index contributed by atoms with van der Waals surface area (Å²) in [5, 5.41) is 7.54. The first-order valence-corrected chi connectivity index (χ1v) is 9.94. The number of nitrogens with zero attached hydrogens (tertiary/aromatic N) is 2. The number of aromatic nitrogens is 2. The minimum Gasteiger partial charge on any atom is -0.373 e. The summed E-state index contributed by atoms with van der Waals surface area (Å²) in [5.41, 5.74) is 2.19. The second kappa shape index (κ2) is 8.35. The van der Waals surface area contributed by atoms with Gasteiger partial charge in [0.1, 0.15) is 0 Å². The van der Waals surface area contributed by atoms with Gasteiger partial charge in [-0.25, -0.2) is 0 Å². The predicted octanol–water partition coefficient (Wildman–Crippen LogP) is 4.05. The largest absolute Gasteiger partial charge is 0.373 e. The first kappa shape index (κ1) is 19.1. The Labute approximate surface area is 163 Å². The van der Waals surface area contributed by atoms with E-state index in [1.54, 1.807) is 0 Å². The third-order valence-electron chi connectivity index (χ3n) is 4.75. The van der Waals surface area contributed by atoms with E-state index in [0.717, 1.165) is 22.9 Å². The summed E-state index contributed by atoms with van der Waals surface area (Å²) in [7, 11) is 0. The highest BCUT2D eigenvalue weighted by atomic mass is 79.9. The zero-order valence-corrected chi connectivity index (χ0v) is 17.1. The van der Waals surface area contributed by atoms with Crippen LogP contribution in [0.5, 0.6) is 0 Å². The lowest BCUT2D eigenvalue weighted by molar-refractivity contribution is -0.127. The Kier molecular flexibility index (Phi) is 6.14. The van der Waals surface area contributed by atoms with Crippen molar-refractivity contribution in [3.63, 3.8) is 0 Å². The van der Waals surface area contributed by atoms with Crippen LogP contribution < -0.4 is 5.32 Å². The van der Waals surface area contributed by atoms with Crippen molar-refractivity contribution >= 4 is 21.8 Å². The lowest BCUT2D eigenvalue weighted by Gasteiger charge is -2.20. The molecule has 140 valence electrons. The van der Waals surface area contributed by atoms with Gasteiger partial charge in [0.2, 0.25) is 5.91 Å². The second-order valence-electron chi connectivity index (χ2n) is 7.27. The summed E-state index contributed by atoms with van der Waals surface area (Å²) < 4.78 is 8.83. The number of carbonyl (C=O) groups excluding carboxylic acids is 1. The van der Waals surface area contributed by atoms with Crippen LogP contribution >= 0.6 is 15.9 Å². The van der Waals surface area contributed by atoms with Crippen molar-refractivity contribution in [3.8, 4) is 0 Å². The molecule has 0 spiro atoms. The molecule has 3 atom stereocenters. The standard InChI is InChI=1S/C20H26BrN3O2/c1-13(2)24-12-16(11-22-24)19-18(8-9-26-19)20(25)23-14(3)10-15-4-6-17(21)7-5-15/h4-7,11-14,18-19H,8-10H2,1-3H3,(H,23,25)/t14-,18+,19-/m1/s1. The molecule has 0 unspecified atom stereocenters. The molecule has 0 bridgehead atoms. The summed E-state index contributed by atoms with van der Waals surface area (Å²) in [5.74, 6) is -0.0958. The number of benzene rings is 1. The quantitative estimate of drug-likeness (QED) is 0.767. The first-order chi connectivity index (χ1) is 12.4. The number of ether oxygens (including phenoxy) is 1. The van der Waals surface area contributed by atoms with Crippen LogP contribution in [0.3, 0.4) is 0 Å². The molecule has 26 heavy (non-hydrogen) atoms. The van der Waals surface area contributed by atoms with Gasteiger partial charge < -0.3 is 10.1 Å². The van der Waals surface area contributed by atoms with Crippen LogP contribution in [-0.4, -0.2) is 28.3 Å². The summed E-state index contributed by atoms with van der Waals surface area (Å²) in [4.78, 5) is 12.8. The lowest BCUT2D eigenvalue weighted by atomic mass is 9.95. The lowest BCUT2D eigenvalue weighted by Crippen LogP contribution is -2.39. The average molecular weight is 420 g/mol. The Bertz CT molecular complexity index is 742. The second-order valence-corrected chi connectivity index (χ2v) is 8.19.